The van der Waals surface area contributed by atoms with E-state index < -0.39 is 0 Å². The average molecular weight is 437 g/mol. The molecule has 0 saturated carbocycles. The van der Waals surface area contributed by atoms with Crippen LogP contribution in [0, 0.1) is 13.8 Å². The summed E-state index contributed by atoms with van der Waals surface area (Å²) in [5.41, 5.74) is 3.39. The number of nitrogens with zero attached hydrogens (tertiary/aromatic N) is 4. The third kappa shape index (κ3) is 4.55. The van der Waals surface area contributed by atoms with Gasteiger partial charge in [-0.25, -0.2) is 4.68 Å². The Kier molecular flexibility index (Phi) is 6.20. The second kappa shape index (κ2) is 9.04. The number of benzene rings is 2. The summed E-state index contributed by atoms with van der Waals surface area (Å²) in [4.78, 5) is 29.7. The molecule has 0 aliphatic carbocycles. The van der Waals surface area contributed by atoms with E-state index in [1.165, 1.54) is 17.2 Å². The molecular weight excluding hydrogens is 412 g/mol. The Morgan fingerprint density at radius 2 is 1.68 bits per heavy atom. The number of para-hydroxylation sites is 1. The number of aromatic nitrogens is 2. The van der Waals surface area contributed by atoms with Crippen LogP contribution in [0.2, 0.25) is 5.02 Å². The Morgan fingerprint density at radius 1 is 1.00 bits per heavy atom. The fourth-order valence-electron chi connectivity index (χ4n) is 3.85. The van der Waals surface area contributed by atoms with Crippen molar-refractivity contribution in [2.24, 2.45) is 0 Å². The molecule has 0 spiro atoms. The molecular formula is C24H25ClN4O2. The van der Waals surface area contributed by atoms with Crippen LogP contribution in [0.3, 0.4) is 0 Å². The number of piperazine rings is 1. The smallest absolute Gasteiger partial charge is 0.278 e. The second-order valence-corrected chi connectivity index (χ2v) is 8.26. The predicted octanol–water partition coefficient (Wildman–Crippen LogP) is 3.46. The number of rotatable bonds is 4. The number of hydrogen-bond acceptors (Lipinski definition) is 4. The highest BCUT2D eigenvalue weighted by atomic mass is 35.5. The molecule has 0 N–H and O–H groups in total. The summed E-state index contributed by atoms with van der Waals surface area (Å²) < 4.78 is 1.56. The van der Waals surface area contributed by atoms with Gasteiger partial charge in [0.15, 0.2) is 5.69 Å². The molecule has 1 aliphatic rings. The topological polar surface area (TPSA) is 58.4 Å². The number of aryl methyl sites for hydroxylation is 2. The quantitative estimate of drug-likeness (QED) is 0.628. The summed E-state index contributed by atoms with van der Waals surface area (Å²) in [6, 6.07) is 17.0. The van der Waals surface area contributed by atoms with Crippen LogP contribution in [0.5, 0.6) is 0 Å². The van der Waals surface area contributed by atoms with Crippen molar-refractivity contribution in [3.63, 3.8) is 0 Å². The summed E-state index contributed by atoms with van der Waals surface area (Å²) >= 11 is 6.30. The SMILES string of the molecule is Cc1ccccc1CN1CCN(C(=O)c2nn(-c3ccccc3Cl)c(C)cc2=O)CC1. The third-order valence-corrected chi connectivity index (χ3v) is 6.03. The fourth-order valence-corrected chi connectivity index (χ4v) is 4.07. The molecule has 1 amide bonds. The largest absolute Gasteiger partial charge is 0.335 e. The first-order chi connectivity index (χ1) is 14.9. The first kappa shape index (κ1) is 21.3. The van der Waals surface area contributed by atoms with E-state index in [-0.39, 0.29) is 17.0 Å². The second-order valence-electron chi connectivity index (χ2n) is 7.86. The zero-order valence-electron chi connectivity index (χ0n) is 17.7. The van der Waals surface area contributed by atoms with Crippen LogP contribution in [-0.2, 0) is 6.54 Å². The Hall–Kier alpha value is -2.96. The molecule has 1 fully saturated rings. The van der Waals surface area contributed by atoms with Crippen molar-refractivity contribution in [2.75, 3.05) is 26.2 Å². The van der Waals surface area contributed by atoms with E-state index in [2.05, 4.69) is 35.1 Å². The van der Waals surface area contributed by atoms with Crippen LogP contribution >= 0.6 is 11.6 Å². The maximum atomic E-state index is 13.1. The first-order valence-corrected chi connectivity index (χ1v) is 10.7. The van der Waals surface area contributed by atoms with Gasteiger partial charge < -0.3 is 4.90 Å². The maximum absolute atomic E-state index is 13.1. The van der Waals surface area contributed by atoms with E-state index in [1.54, 1.807) is 22.6 Å². The minimum absolute atomic E-state index is 0.0714. The summed E-state index contributed by atoms with van der Waals surface area (Å²) in [7, 11) is 0. The zero-order valence-corrected chi connectivity index (χ0v) is 18.5. The predicted molar refractivity (Wildman–Crippen MR) is 122 cm³/mol. The minimum atomic E-state index is -0.367. The van der Waals surface area contributed by atoms with E-state index in [0.29, 0.717) is 29.5 Å². The number of carbonyl (C=O) groups excluding carboxylic acids is 1. The van der Waals surface area contributed by atoms with Gasteiger partial charge in [-0.1, -0.05) is 48.0 Å². The van der Waals surface area contributed by atoms with Gasteiger partial charge in [0.05, 0.1) is 10.7 Å². The highest BCUT2D eigenvalue weighted by molar-refractivity contribution is 6.32. The standard InChI is InChI=1S/C24H25ClN4O2/c1-17-7-3-4-8-19(17)16-27-11-13-28(14-12-27)24(31)23-22(30)15-18(2)29(26-23)21-10-6-5-9-20(21)25/h3-10,15H,11-14,16H2,1-2H3. The first-order valence-electron chi connectivity index (χ1n) is 10.4. The van der Waals surface area contributed by atoms with Crippen LogP contribution in [0.4, 0.5) is 0 Å². The fraction of sp³-hybridized carbons (Fsp3) is 0.292. The zero-order chi connectivity index (χ0) is 22.0. The molecule has 1 aromatic heterocycles. The van der Waals surface area contributed by atoms with Crippen LogP contribution in [-0.4, -0.2) is 51.7 Å². The van der Waals surface area contributed by atoms with Gasteiger partial charge in [0.1, 0.15) is 0 Å². The van der Waals surface area contributed by atoms with E-state index in [1.807, 2.05) is 24.3 Å². The number of hydrogen-bond donors (Lipinski definition) is 0. The Labute approximate surface area is 186 Å². The highest BCUT2D eigenvalue weighted by Gasteiger charge is 2.26. The van der Waals surface area contributed by atoms with E-state index >= 15 is 0 Å². The highest BCUT2D eigenvalue weighted by Crippen LogP contribution is 2.20. The Balaban J connectivity index is 1.50. The van der Waals surface area contributed by atoms with Gasteiger partial charge in [0.25, 0.3) is 5.91 Å². The van der Waals surface area contributed by atoms with Crippen molar-refractivity contribution < 1.29 is 4.79 Å². The molecule has 2 aromatic carbocycles. The monoisotopic (exact) mass is 436 g/mol. The molecule has 4 rings (SSSR count). The molecule has 31 heavy (non-hydrogen) atoms. The lowest BCUT2D eigenvalue weighted by Gasteiger charge is -2.34. The molecule has 0 unspecified atom stereocenters. The van der Waals surface area contributed by atoms with Crippen molar-refractivity contribution in [2.45, 2.75) is 20.4 Å². The molecule has 0 bridgehead atoms. The van der Waals surface area contributed by atoms with Gasteiger partial charge in [-0.2, -0.15) is 5.10 Å². The van der Waals surface area contributed by atoms with Crippen molar-refractivity contribution in [1.82, 2.24) is 19.6 Å². The van der Waals surface area contributed by atoms with Gasteiger partial charge in [-0.15, -0.1) is 0 Å². The molecule has 3 aromatic rings. The molecule has 160 valence electrons. The number of carbonyl (C=O) groups is 1. The Bertz CT molecular complexity index is 1170. The lowest BCUT2D eigenvalue weighted by atomic mass is 10.1. The lowest BCUT2D eigenvalue weighted by Crippen LogP contribution is -2.49. The average Bonchev–Trinajstić information content (AvgIpc) is 2.76. The minimum Gasteiger partial charge on any atom is -0.335 e. The summed E-state index contributed by atoms with van der Waals surface area (Å²) in [5, 5.41) is 4.90. The van der Waals surface area contributed by atoms with Gasteiger partial charge >= 0.3 is 0 Å². The van der Waals surface area contributed by atoms with Gasteiger partial charge in [-0.3, -0.25) is 14.5 Å². The summed E-state index contributed by atoms with van der Waals surface area (Å²) in [6.07, 6.45) is 0. The van der Waals surface area contributed by atoms with Crippen LogP contribution < -0.4 is 5.43 Å². The van der Waals surface area contributed by atoms with Crippen molar-refractivity contribution in [3.8, 4) is 5.69 Å². The molecule has 0 atom stereocenters. The molecule has 2 heterocycles. The third-order valence-electron chi connectivity index (χ3n) is 5.71. The van der Waals surface area contributed by atoms with E-state index in [4.69, 9.17) is 11.6 Å². The van der Waals surface area contributed by atoms with Gasteiger partial charge in [0.2, 0.25) is 5.43 Å². The number of amides is 1. The number of halogens is 1. The van der Waals surface area contributed by atoms with Gasteiger partial charge in [0, 0.05) is 44.5 Å². The summed E-state index contributed by atoms with van der Waals surface area (Å²) in [5.74, 6) is -0.332. The van der Waals surface area contributed by atoms with Crippen molar-refractivity contribution in [1.29, 1.82) is 0 Å². The van der Waals surface area contributed by atoms with Crippen molar-refractivity contribution in [3.05, 3.63) is 92.4 Å². The Morgan fingerprint density at radius 3 is 2.39 bits per heavy atom. The van der Waals surface area contributed by atoms with Crippen molar-refractivity contribution >= 4 is 17.5 Å². The molecule has 1 aliphatic heterocycles. The van der Waals surface area contributed by atoms with Crippen LogP contribution in [0.1, 0.15) is 27.3 Å². The molecule has 0 radical (unpaired) electrons. The normalized spacial score (nSPS) is 14.6. The van der Waals surface area contributed by atoms with Gasteiger partial charge in [-0.05, 0) is 37.1 Å². The summed E-state index contributed by atoms with van der Waals surface area (Å²) in [6.45, 7) is 7.38. The van der Waals surface area contributed by atoms with Crippen LogP contribution in [0.15, 0.2) is 59.4 Å². The molecule has 1 saturated heterocycles. The lowest BCUT2D eigenvalue weighted by molar-refractivity contribution is 0.0619. The maximum Gasteiger partial charge on any atom is 0.278 e. The molecule has 6 nitrogen and oxygen atoms in total. The molecule has 7 heteroatoms. The van der Waals surface area contributed by atoms with Crippen LogP contribution in [0.25, 0.3) is 5.69 Å². The van der Waals surface area contributed by atoms with E-state index in [9.17, 15) is 9.59 Å². The van der Waals surface area contributed by atoms with E-state index in [0.717, 1.165) is 19.6 Å².